The molecule has 7 heteroatoms. The molecule has 1 saturated heterocycles. The Bertz CT molecular complexity index is 799. The molecule has 2 aromatic rings. The number of sulfonamides is 1. The summed E-state index contributed by atoms with van der Waals surface area (Å²) < 4.78 is 34.5. The molecule has 6 nitrogen and oxygen atoms in total. The lowest BCUT2D eigenvalue weighted by atomic mass is 10.3. The Kier molecular flexibility index (Phi) is 5.46. The normalized spacial score (nSPS) is 17.4. The van der Waals surface area contributed by atoms with Crippen LogP contribution in [-0.4, -0.2) is 55.5 Å². The van der Waals surface area contributed by atoms with Crippen molar-refractivity contribution in [2.45, 2.75) is 17.9 Å². The monoisotopic (exact) mass is 363 g/mol. The number of benzene rings is 1. The molecule has 0 radical (unpaired) electrons. The van der Waals surface area contributed by atoms with Gasteiger partial charge in [-0.1, -0.05) is 0 Å². The van der Waals surface area contributed by atoms with Gasteiger partial charge in [-0.15, -0.1) is 0 Å². The predicted molar refractivity (Wildman–Crippen MR) is 97.1 cm³/mol. The molecule has 3 rings (SSSR count). The van der Waals surface area contributed by atoms with E-state index in [0.717, 1.165) is 26.1 Å². The van der Waals surface area contributed by atoms with E-state index in [1.807, 2.05) is 17.8 Å². The second-order valence-electron chi connectivity index (χ2n) is 6.39. The Labute approximate surface area is 149 Å². The fourth-order valence-corrected chi connectivity index (χ4v) is 4.62. The molecule has 0 unspecified atom stereocenters. The van der Waals surface area contributed by atoms with Gasteiger partial charge in [-0.3, -0.25) is 4.90 Å². The van der Waals surface area contributed by atoms with E-state index in [1.54, 1.807) is 35.7 Å². The van der Waals surface area contributed by atoms with Crippen molar-refractivity contribution in [3.63, 3.8) is 0 Å². The van der Waals surface area contributed by atoms with Crippen LogP contribution < -0.4 is 4.74 Å². The zero-order chi connectivity index (χ0) is 17.9. The van der Waals surface area contributed by atoms with Gasteiger partial charge in [0.25, 0.3) is 0 Å². The molecule has 0 amide bonds. The molecule has 1 aliphatic heterocycles. The summed E-state index contributed by atoms with van der Waals surface area (Å²) in [6, 6.07) is 8.71. The second kappa shape index (κ2) is 7.59. The first kappa shape index (κ1) is 18.0. The first-order valence-corrected chi connectivity index (χ1v) is 9.90. The van der Waals surface area contributed by atoms with Crippen LogP contribution in [0.3, 0.4) is 0 Å². The van der Waals surface area contributed by atoms with Crippen molar-refractivity contribution in [2.24, 2.45) is 7.05 Å². The van der Waals surface area contributed by atoms with Gasteiger partial charge >= 0.3 is 0 Å². The number of aromatic nitrogens is 1. The molecule has 0 N–H and O–H groups in total. The molecule has 136 valence electrons. The number of nitrogens with zero attached hydrogens (tertiary/aromatic N) is 3. The molecule has 25 heavy (non-hydrogen) atoms. The van der Waals surface area contributed by atoms with Crippen molar-refractivity contribution in [3.05, 3.63) is 48.3 Å². The average molecular weight is 363 g/mol. The highest BCUT2D eigenvalue weighted by Gasteiger charge is 2.26. The van der Waals surface area contributed by atoms with Crippen molar-refractivity contribution in [1.29, 1.82) is 0 Å². The van der Waals surface area contributed by atoms with E-state index in [0.29, 0.717) is 23.7 Å². The highest BCUT2D eigenvalue weighted by molar-refractivity contribution is 7.89. The van der Waals surface area contributed by atoms with E-state index in [2.05, 4.69) is 17.2 Å². The van der Waals surface area contributed by atoms with Gasteiger partial charge in [0.1, 0.15) is 5.75 Å². The summed E-state index contributed by atoms with van der Waals surface area (Å²) in [6.45, 7) is 3.58. The van der Waals surface area contributed by atoms with E-state index in [9.17, 15) is 8.42 Å². The number of methoxy groups -OCH3 is 1. The van der Waals surface area contributed by atoms with Gasteiger partial charge in [0, 0.05) is 45.6 Å². The topological polar surface area (TPSA) is 54.8 Å². The Balaban J connectivity index is 1.66. The van der Waals surface area contributed by atoms with Gasteiger partial charge in [-0.25, -0.2) is 8.42 Å². The van der Waals surface area contributed by atoms with Crippen LogP contribution in [0.4, 0.5) is 0 Å². The molecular formula is C18H25N3O3S. The van der Waals surface area contributed by atoms with Crippen LogP contribution in [0, 0.1) is 0 Å². The van der Waals surface area contributed by atoms with Crippen molar-refractivity contribution < 1.29 is 13.2 Å². The highest BCUT2D eigenvalue weighted by atomic mass is 32.2. The molecule has 2 heterocycles. The molecule has 0 saturated carbocycles. The third kappa shape index (κ3) is 4.23. The van der Waals surface area contributed by atoms with E-state index in [-0.39, 0.29) is 0 Å². The molecule has 0 atom stereocenters. The first-order chi connectivity index (χ1) is 12.0. The quantitative estimate of drug-likeness (QED) is 0.815. The highest BCUT2D eigenvalue weighted by Crippen LogP contribution is 2.21. The maximum atomic E-state index is 12.9. The maximum absolute atomic E-state index is 12.9. The van der Waals surface area contributed by atoms with Crippen molar-refractivity contribution in [1.82, 2.24) is 13.8 Å². The Morgan fingerprint density at radius 1 is 1.04 bits per heavy atom. The zero-order valence-electron chi connectivity index (χ0n) is 14.8. The minimum Gasteiger partial charge on any atom is -0.497 e. The van der Waals surface area contributed by atoms with Crippen LogP contribution in [0.1, 0.15) is 12.0 Å². The Hall–Kier alpha value is -1.83. The molecule has 1 aliphatic rings. The standard InChI is InChI=1S/C18H25N3O3S/c1-19-11-8-16(14-19)15-20-9-3-10-21(13-12-20)25(22,23)18-6-4-17(24-2)5-7-18/h4-8,11,14H,3,9-10,12-13,15H2,1-2H3. The molecule has 1 aromatic heterocycles. The van der Waals surface area contributed by atoms with E-state index < -0.39 is 10.0 Å². The van der Waals surface area contributed by atoms with Crippen molar-refractivity contribution in [2.75, 3.05) is 33.3 Å². The summed E-state index contributed by atoms with van der Waals surface area (Å²) in [6.07, 6.45) is 4.98. The lowest BCUT2D eigenvalue weighted by Gasteiger charge is -2.21. The molecular weight excluding hydrogens is 338 g/mol. The fourth-order valence-electron chi connectivity index (χ4n) is 3.16. The van der Waals surface area contributed by atoms with Crippen LogP contribution in [0.15, 0.2) is 47.6 Å². The number of aryl methyl sites for hydroxylation is 1. The van der Waals surface area contributed by atoms with Crippen LogP contribution in [0.25, 0.3) is 0 Å². The minimum atomic E-state index is -3.46. The molecule has 0 bridgehead atoms. The van der Waals surface area contributed by atoms with Crippen LogP contribution in [-0.2, 0) is 23.6 Å². The van der Waals surface area contributed by atoms with Gasteiger partial charge in [0.05, 0.1) is 12.0 Å². The first-order valence-electron chi connectivity index (χ1n) is 8.46. The summed E-state index contributed by atoms with van der Waals surface area (Å²) in [7, 11) is 0.123. The molecule has 1 fully saturated rings. The predicted octanol–water partition coefficient (Wildman–Crippen LogP) is 1.93. The van der Waals surface area contributed by atoms with Gasteiger partial charge in [-0.05, 0) is 48.9 Å². The summed E-state index contributed by atoms with van der Waals surface area (Å²) in [5, 5.41) is 0. The largest absolute Gasteiger partial charge is 0.497 e. The number of hydrogen-bond acceptors (Lipinski definition) is 4. The van der Waals surface area contributed by atoms with E-state index >= 15 is 0 Å². The lowest BCUT2D eigenvalue weighted by Crippen LogP contribution is -2.35. The van der Waals surface area contributed by atoms with Gasteiger partial charge in [-0.2, -0.15) is 4.31 Å². The summed E-state index contributed by atoms with van der Waals surface area (Å²) in [5.41, 5.74) is 1.26. The van der Waals surface area contributed by atoms with E-state index in [1.165, 1.54) is 5.56 Å². The lowest BCUT2D eigenvalue weighted by molar-refractivity contribution is 0.278. The van der Waals surface area contributed by atoms with Gasteiger partial charge in [0.2, 0.25) is 10.0 Å². The Morgan fingerprint density at radius 3 is 2.44 bits per heavy atom. The van der Waals surface area contributed by atoms with Crippen molar-refractivity contribution >= 4 is 10.0 Å². The summed E-state index contributed by atoms with van der Waals surface area (Å²) >= 11 is 0. The number of hydrogen-bond donors (Lipinski definition) is 0. The maximum Gasteiger partial charge on any atom is 0.243 e. The summed E-state index contributed by atoms with van der Waals surface area (Å²) in [5.74, 6) is 0.656. The van der Waals surface area contributed by atoms with Gasteiger partial charge < -0.3 is 9.30 Å². The third-order valence-corrected chi connectivity index (χ3v) is 6.46. The third-order valence-electron chi connectivity index (χ3n) is 4.54. The SMILES string of the molecule is COc1ccc(S(=O)(=O)N2CCCN(Cc3ccn(C)c3)CC2)cc1. The van der Waals surface area contributed by atoms with Crippen molar-refractivity contribution in [3.8, 4) is 5.75 Å². The molecule has 0 spiro atoms. The smallest absolute Gasteiger partial charge is 0.243 e. The van der Waals surface area contributed by atoms with E-state index in [4.69, 9.17) is 4.74 Å². The zero-order valence-corrected chi connectivity index (χ0v) is 15.6. The number of ether oxygens (including phenoxy) is 1. The minimum absolute atomic E-state index is 0.324. The summed E-state index contributed by atoms with van der Waals surface area (Å²) in [4.78, 5) is 2.64. The van der Waals surface area contributed by atoms with Crippen LogP contribution in [0.2, 0.25) is 0 Å². The molecule has 0 aliphatic carbocycles. The van der Waals surface area contributed by atoms with Crippen LogP contribution >= 0.6 is 0 Å². The second-order valence-corrected chi connectivity index (χ2v) is 8.33. The van der Waals surface area contributed by atoms with Crippen LogP contribution in [0.5, 0.6) is 5.75 Å². The number of rotatable bonds is 5. The Morgan fingerprint density at radius 2 is 1.80 bits per heavy atom. The fraction of sp³-hybridized carbons (Fsp3) is 0.444. The molecule has 1 aromatic carbocycles. The average Bonchev–Trinajstić information content (AvgIpc) is 2.87. The van der Waals surface area contributed by atoms with Gasteiger partial charge in [0.15, 0.2) is 0 Å².